The van der Waals surface area contributed by atoms with E-state index in [1.54, 1.807) is 19.9 Å². The summed E-state index contributed by atoms with van der Waals surface area (Å²) in [4.78, 5) is 12.7. The quantitative estimate of drug-likeness (QED) is 0.165. The number of amides is 1. The average Bonchev–Trinajstić information content (AvgIpc) is 3.44. The lowest BCUT2D eigenvalue weighted by Crippen LogP contribution is -2.13. The number of aryl methyl sites for hydroxylation is 1. The standard InChI is InChI=1S/C24H16ClF6N3O3/c1-10-22(11(2)34(33-10)8-13-14(25)4-3-5-15(13)26)32-24(35)16-7-6-12(37-16)9-36-23-20(30)18(28)17(27)19(29)21(23)31/h3-7H,8-9H2,1-2H3,(H,32,35). The van der Waals surface area contributed by atoms with Gasteiger partial charge in [0.2, 0.25) is 29.1 Å². The number of halogens is 7. The van der Waals surface area contributed by atoms with E-state index in [0.29, 0.717) is 17.1 Å². The van der Waals surface area contributed by atoms with E-state index in [9.17, 15) is 31.1 Å². The number of aromatic nitrogens is 2. The zero-order valence-electron chi connectivity index (χ0n) is 19.1. The Morgan fingerprint density at radius 3 is 2.30 bits per heavy atom. The highest BCUT2D eigenvalue weighted by Crippen LogP contribution is 2.30. The summed E-state index contributed by atoms with van der Waals surface area (Å²) in [5.74, 6) is -14.0. The van der Waals surface area contributed by atoms with Crippen molar-refractivity contribution in [3.63, 3.8) is 0 Å². The molecule has 0 unspecified atom stereocenters. The molecular formula is C24H16ClF6N3O3. The van der Waals surface area contributed by atoms with Crippen LogP contribution in [0.4, 0.5) is 32.0 Å². The number of carbonyl (C=O) groups is 1. The molecule has 0 aliphatic rings. The molecule has 0 saturated heterocycles. The Morgan fingerprint density at radius 1 is 1.00 bits per heavy atom. The highest BCUT2D eigenvalue weighted by atomic mass is 35.5. The summed E-state index contributed by atoms with van der Waals surface area (Å²) in [6, 6.07) is 6.73. The summed E-state index contributed by atoms with van der Waals surface area (Å²) in [5.41, 5.74) is 1.46. The van der Waals surface area contributed by atoms with Crippen LogP contribution in [0.25, 0.3) is 0 Å². The minimum atomic E-state index is -2.31. The fourth-order valence-corrected chi connectivity index (χ4v) is 3.70. The minimum absolute atomic E-state index is 0.00792. The van der Waals surface area contributed by atoms with E-state index in [4.69, 9.17) is 20.8 Å². The van der Waals surface area contributed by atoms with Crippen LogP contribution in [0, 0.1) is 48.8 Å². The molecule has 2 aromatic heterocycles. The molecule has 37 heavy (non-hydrogen) atoms. The van der Waals surface area contributed by atoms with Crippen molar-refractivity contribution >= 4 is 23.2 Å². The lowest BCUT2D eigenvalue weighted by Gasteiger charge is -2.09. The number of furan rings is 1. The number of anilines is 1. The second-order valence-electron chi connectivity index (χ2n) is 7.81. The zero-order chi connectivity index (χ0) is 27.0. The van der Waals surface area contributed by atoms with Crippen LogP contribution in [-0.4, -0.2) is 15.7 Å². The lowest BCUT2D eigenvalue weighted by molar-refractivity contribution is 0.0992. The van der Waals surface area contributed by atoms with Gasteiger partial charge in [-0.05, 0) is 38.1 Å². The number of ether oxygens (including phenoxy) is 1. The number of rotatable bonds is 7. The molecule has 4 rings (SSSR count). The number of nitrogens with zero attached hydrogens (tertiary/aromatic N) is 2. The summed E-state index contributed by atoms with van der Waals surface area (Å²) in [6.07, 6.45) is 0. The SMILES string of the molecule is Cc1nn(Cc2c(F)cccc2Cl)c(C)c1NC(=O)c1ccc(COc2c(F)c(F)c(F)c(F)c2F)o1. The van der Waals surface area contributed by atoms with Crippen molar-refractivity contribution in [2.24, 2.45) is 0 Å². The van der Waals surface area contributed by atoms with Gasteiger partial charge in [0.15, 0.2) is 11.5 Å². The Balaban J connectivity index is 1.47. The predicted octanol–water partition coefficient (Wildman–Crippen LogP) is 6.46. The summed E-state index contributed by atoms with van der Waals surface area (Å²) in [5, 5.41) is 7.14. The van der Waals surface area contributed by atoms with Crippen LogP contribution in [0.2, 0.25) is 5.02 Å². The van der Waals surface area contributed by atoms with Crippen LogP contribution in [0.1, 0.15) is 33.3 Å². The monoisotopic (exact) mass is 543 g/mol. The Bertz CT molecular complexity index is 1470. The van der Waals surface area contributed by atoms with Gasteiger partial charge < -0.3 is 14.5 Å². The third kappa shape index (κ3) is 5.01. The molecule has 0 fully saturated rings. The molecule has 2 heterocycles. The summed E-state index contributed by atoms with van der Waals surface area (Å²) in [7, 11) is 0. The molecule has 0 aliphatic heterocycles. The maximum absolute atomic E-state index is 14.2. The van der Waals surface area contributed by atoms with Gasteiger partial charge in [0.05, 0.1) is 23.6 Å². The highest BCUT2D eigenvalue weighted by molar-refractivity contribution is 6.31. The summed E-state index contributed by atoms with van der Waals surface area (Å²) in [6.45, 7) is 2.54. The van der Waals surface area contributed by atoms with Gasteiger partial charge in [-0.2, -0.15) is 13.9 Å². The minimum Gasteiger partial charge on any atom is -0.479 e. The van der Waals surface area contributed by atoms with E-state index < -0.39 is 53.2 Å². The number of benzene rings is 2. The molecule has 0 atom stereocenters. The lowest BCUT2D eigenvalue weighted by atomic mass is 10.2. The van der Waals surface area contributed by atoms with Crippen LogP contribution in [-0.2, 0) is 13.2 Å². The third-order valence-electron chi connectivity index (χ3n) is 5.40. The molecule has 1 N–H and O–H groups in total. The molecule has 1 amide bonds. The summed E-state index contributed by atoms with van der Waals surface area (Å²) >= 11 is 6.08. The van der Waals surface area contributed by atoms with Gasteiger partial charge in [-0.1, -0.05) is 17.7 Å². The molecule has 0 aliphatic carbocycles. The van der Waals surface area contributed by atoms with Gasteiger partial charge in [-0.3, -0.25) is 9.48 Å². The van der Waals surface area contributed by atoms with Gasteiger partial charge >= 0.3 is 0 Å². The Morgan fingerprint density at radius 2 is 1.65 bits per heavy atom. The van der Waals surface area contributed by atoms with E-state index in [0.717, 1.165) is 0 Å². The van der Waals surface area contributed by atoms with Crippen LogP contribution in [0.3, 0.4) is 0 Å². The normalized spacial score (nSPS) is 11.2. The molecule has 13 heteroatoms. The second-order valence-corrected chi connectivity index (χ2v) is 8.22. The van der Waals surface area contributed by atoms with Gasteiger partial charge in [-0.25, -0.2) is 17.6 Å². The van der Waals surface area contributed by atoms with Crippen molar-refractivity contribution < 1.29 is 40.3 Å². The molecule has 6 nitrogen and oxygen atoms in total. The van der Waals surface area contributed by atoms with Crippen molar-refractivity contribution in [1.29, 1.82) is 0 Å². The molecule has 0 spiro atoms. The number of carbonyl (C=O) groups excluding carboxylic acids is 1. The van der Waals surface area contributed by atoms with Crippen LogP contribution < -0.4 is 10.1 Å². The van der Waals surface area contributed by atoms with Gasteiger partial charge in [0.25, 0.3) is 5.91 Å². The molecule has 2 aromatic carbocycles. The fourth-order valence-electron chi connectivity index (χ4n) is 3.47. The van der Waals surface area contributed by atoms with E-state index in [2.05, 4.69) is 10.4 Å². The molecule has 4 aromatic rings. The van der Waals surface area contributed by atoms with Crippen LogP contribution >= 0.6 is 11.6 Å². The number of hydrogen-bond donors (Lipinski definition) is 1. The van der Waals surface area contributed by atoms with Crippen LogP contribution in [0.5, 0.6) is 5.75 Å². The zero-order valence-corrected chi connectivity index (χ0v) is 19.8. The van der Waals surface area contributed by atoms with Crippen LogP contribution in [0.15, 0.2) is 34.7 Å². The van der Waals surface area contributed by atoms with Crippen molar-refractivity contribution in [2.45, 2.75) is 27.0 Å². The van der Waals surface area contributed by atoms with Gasteiger partial charge in [-0.15, -0.1) is 0 Å². The first-order chi connectivity index (χ1) is 17.5. The van der Waals surface area contributed by atoms with Crippen molar-refractivity contribution in [3.05, 3.63) is 98.7 Å². The molecule has 0 saturated carbocycles. The average molecular weight is 544 g/mol. The van der Waals surface area contributed by atoms with E-state index in [1.165, 1.54) is 28.9 Å². The Labute approximate surface area is 210 Å². The highest BCUT2D eigenvalue weighted by Gasteiger charge is 2.27. The predicted molar refractivity (Wildman–Crippen MR) is 119 cm³/mol. The first kappa shape index (κ1) is 26.1. The van der Waals surface area contributed by atoms with E-state index in [-0.39, 0.29) is 28.7 Å². The van der Waals surface area contributed by atoms with E-state index in [1.807, 2.05) is 0 Å². The fraction of sp³-hybridized carbons (Fsp3) is 0.167. The van der Waals surface area contributed by atoms with Crippen molar-refractivity contribution in [1.82, 2.24) is 9.78 Å². The second kappa shape index (κ2) is 10.2. The first-order valence-corrected chi connectivity index (χ1v) is 10.9. The smallest absolute Gasteiger partial charge is 0.291 e. The largest absolute Gasteiger partial charge is 0.479 e. The number of hydrogen-bond acceptors (Lipinski definition) is 4. The maximum atomic E-state index is 14.2. The van der Waals surface area contributed by atoms with Crippen molar-refractivity contribution in [2.75, 3.05) is 5.32 Å². The number of nitrogens with one attached hydrogen (secondary N) is 1. The van der Waals surface area contributed by atoms with E-state index >= 15 is 0 Å². The summed E-state index contributed by atoms with van der Waals surface area (Å²) < 4.78 is 93.0. The molecule has 194 valence electrons. The molecule has 0 radical (unpaired) electrons. The third-order valence-corrected chi connectivity index (χ3v) is 5.76. The van der Waals surface area contributed by atoms with Gasteiger partial charge in [0.1, 0.15) is 18.2 Å². The molecular weight excluding hydrogens is 528 g/mol. The topological polar surface area (TPSA) is 69.3 Å². The van der Waals surface area contributed by atoms with Crippen molar-refractivity contribution in [3.8, 4) is 5.75 Å². The molecule has 0 bridgehead atoms. The first-order valence-electron chi connectivity index (χ1n) is 10.5. The Hall–Kier alpha value is -3.93. The Kier molecular flexibility index (Phi) is 7.21. The van der Waals surface area contributed by atoms with Gasteiger partial charge in [0, 0.05) is 10.6 Å². The maximum Gasteiger partial charge on any atom is 0.291 e.